The van der Waals surface area contributed by atoms with Gasteiger partial charge in [0.2, 0.25) is 0 Å². The fourth-order valence-corrected chi connectivity index (χ4v) is 3.13. The summed E-state index contributed by atoms with van der Waals surface area (Å²) in [5.41, 5.74) is -1.01. The van der Waals surface area contributed by atoms with Gasteiger partial charge in [0.05, 0.1) is 5.56 Å². The van der Waals surface area contributed by atoms with Gasteiger partial charge in [0, 0.05) is 17.2 Å². The second-order valence-corrected chi connectivity index (χ2v) is 5.12. The SMILES string of the molecule is O=C(c1ccccc1C(F)(F)F)C1CCSC1. The van der Waals surface area contributed by atoms with Crippen LogP contribution in [0.25, 0.3) is 0 Å². The normalized spacial score (nSPS) is 20.5. The van der Waals surface area contributed by atoms with Crippen molar-refractivity contribution in [1.82, 2.24) is 0 Å². The van der Waals surface area contributed by atoms with Crippen LogP contribution in [0.3, 0.4) is 0 Å². The van der Waals surface area contributed by atoms with Crippen molar-refractivity contribution in [3.05, 3.63) is 35.4 Å². The zero-order valence-corrected chi connectivity index (χ0v) is 9.77. The molecule has 0 bridgehead atoms. The highest BCUT2D eigenvalue weighted by Crippen LogP contribution is 2.35. The first kappa shape index (κ1) is 12.5. The van der Waals surface area contributed by atoms with Gasteiger partial charge in [-0.1, -0.05) is 18.2 Å². The Hall–Kier alpha value is -0.970. The zero-order valence-electron chi connectivity index (χ0n) is 8.96. The molecule has 92 valence electrons. The fraction of sp³-hybridized carbons (Fsp3) is 0.417. The summed E-state index contributed by atoms with van der Waals surface area (Å²) in [4.78, 5) is 12.0. The summed E-state index contributed by atoms with van der Waals surface area (Å²) in [6.07, 6.45) is -3.78. The molecule has 2 rings (SSSR count). The van der Waals surface area contributed by atoms with Gasteiger partial charge in [0.1, 0.15) is 0 Å². The number of halogens is 3. The van der Waals surface area contributed by atoms with Gasteiger partial charge < -0.3 is 0 Å². The minimum absolute atomic E-state index is 0.187. The molecule has 1 aromatic rings. The van der Waals surface area contributed by atoms with Gasteiger partial charge in [-0.2, -0.15) is 24.9 Å². The number of benzene rings is 1. The third-order valence-electron chi connectivity index (χ3n) is 2.80. The van der Waals surface area contributed by atoms with Crippen LogP contribution in [-0.4, -0.2) is 17.3 Å². The molecule has 0 aromatic heterocycles. The monoisotopic (exact) mass is 260 g/mol. The van der Waals surface area contributed by atoms with Crippen LogP contribution in [0.1, 0.15) is 22.3 Å². The molecule has 1 aromatic carbocycles. The number of ketones is 1. The Bertz CT molecular complexity index is 422. The fourth-order valence-electron chi connectivity index (χ4n) is 1.91. The molecule has 1 unspecified atom stereocenters. The molecule has 0 spiro atoms. The molecule has 5 heteroatoms. The molecule has 1 aliphatic heterocycles. The van der Waals surface area contributed by atoms with Crippen LogP contribution in [0.2, 0.25) is 0 Å². The van der Waals surface area contributed by atoms with Crippen molar-refractivity contribution < 1.29 is 18.0 Å². The number of carbonyl (C=O) groups excluding carboxylic acids is 1. The Morgan fingerprint density at radius 3 is 2.59 bits per heavy atom. The summed E-state index contributed by atoms with van der Waals surface area (Å²) in [7, 11) is 0. The highest BCUT2D eigenvalue weighted by molar-refractivity contribution is 7.99. The maximum Gasteiger partial charge on any atom is 0.417 e. The average Bonchev–Trinajstić information content (AvgIpc) is 2.80. The minimum Gasteiger partial charge on any atom is -0.294 e. The Morgan fingerprint density at radius 1 is 1.29 bits per heavy atom. The standard InChI is InChI=1S/C12H11F3OS/c13-12(14,15)10-4-2-1-3-9(10)11(16)8-5-6-17-7-8/h1-4,8H,5-7H2. The van der Waals surface area contributed by atoms with Crippen LogP contribution < -0.4 is 0 Å². The summed E-state index contributed by atoms with van der Waals surface area (Å²) in [5.74, 6) is 0.849. The van der Waals surface area contributed by atoms with Gasteiger partial charge in [-0.25, -0.2) is 0 Å². The number of hydrogen-bond donors (Lipinski definition) is 0. The van der Waals surface area contributed by atoms with E-state index < -0.39 is 11.7 Å². The lowest BCUT2D eigenvalue weighted by atomic mass is 9.93. The third kappa shape index (κ3) is 2.65. The van der Waals surface area contributed by atoms with E-state index in [2.05, 4.69) is 0 Å². The van der Waals surface area contributed by atoms with Crippen LogP contribution in [0.5, 0.6) is 0 Å². The third-order valence-corrected chi connectivity index (χ3v) is 3.96. The van der Waals surface area contributed by atoms with Gasteiger partial charge in [-0.15, -0.1) is 0 Å². The highest BCUT2D eigenvalue weighted by Gasteiger charge is 2.36. The lowest BCUT2D eigenvalue weighted by Crippen LogP contribution is -2.19. The molecule has 1 atom stereocenters. The first-order chi connectivity index (χ1) is 8.00. The van der Waals surface area contributed by atoms with Crippen molar-refractivity contribution in [2.75, 3.05) is 11.5 Å². The molecule has 0 radical (unpaired) electrons. The Labute approximate surface area is 101 Å². The lowest BCUT2D eigenvalue weighted by Gasteiger charge is -2.14. The van der Waals surface area contributed by atoms with E-state index in [1.807, 2.05) is 0 Å². The Morgan fingerprint density at radius 2 is 2.00 bits per heavy atom. The molecule has 1 heterocycles. The minimum atomic E-state index is -4.46. The maximum atomic E-state index is 12.7. The van der Waals surface area contributed by atoms with Crippen molar-refractivity contribution >= 4 is 17.5 Å². The van der Waals surface area contributed by atoms with E-state index in [1.54, 1.807) is 11.8 Å². The second kappa shape index (κ2) is 4.72. The Balaban J connectivity index is 2.34. The molecule has 1 nitrogen and oxygen atoms in total. The summed E-state index contributed by atoms with van der Waals surface area (Å²) in [6, 6.07) is 5.02. The van der Waals surface area contributed by atoms with Crippen molar-refractivity contribution in [2.24, 2.45) is 5.92 Å². The highest BCUT2D eigenvalue weighted by atomic mass is 32.2. The molecule has 17 heavy (non-hydrogen) atoms. The Kier molecular flexibility index (Phi) is 3.47. The summed E-state index contributed by atoms with van der Waals surface area (Å²) in [6.45, 7) is 0. The molecule has 0 aliphatic carbocycles. The quantitative estimate of drug-likeness (QED) is 0.755. The van der Waals surface area contributed by atoms with Crippen LogP contribution >= 0.6 is 11.8 Å². The topological polar surface area (TPSA) is 17.1 Å². The van der Waals surface area contributed by atoms with Crippen LogP contribution in [0.15, 0.2) is 24.3 Å². The van der Waals surface area contributed by atoms with Gasteiger partial charge >= 0.3 is 6.18 Å². The van der Waals surface area contributed by atoms with E-state index in [9.17, 15) is 18.0 Å². The largest absolute Gasteiger partial charge is 0.417 e. The van der Waals surface area contributed by atoms with Crippen molar-refractivity contribution in [3.8, 4) is 0 Å². The number of thioether (sulfide) groups is 1. The molecule has 0 amide bonds. The number of Topliss-reactive ketones (excluding diaryl/α,β-unsaturated/α-hetero) is 1. The number of hydrogen-bond acceptors (Lipinski definition) is 2. The molecule has 1 saturated heterocycles. The first-order valence-electron chi connectivity index (χ1n) is 5.28. The smallest absolute Gasteiger partial charge is 0.294 e. The predicted octanol–water partition coefficient (Wildman–Crippen LogP) is 3.64. The van der Waals surface area contributed by atoms with E-state index in [1.165, 1.54) is 18.2 Å². The number of carbonyl (C=O) groups is 1. The molecule has 1 aliphatic rings. The second-order valence-electron chi connectivity index (χ2n) is 3.97. The van der Waals surface area contributed by atoms with Crippen molar-refractivity contribution in [2.45, 2.75) is 12.6 Å². The van der Waals surface area contributed by atoms with Gasteiger partial charge in [0.15, 0.2) is 5.78 Å². The number of alkyl halides is 3. The molecule has 1 fully saturated rings. The summed E-state index contributed by atoms with van der Waals surface area (Å²) < 4.78 is 38.2. The summed E-state index contributed by atoms with van der Waals surface area (Å²) in [5, 5.41) is 0. The number of rotatable bonds is 2. The van der Waals surface area contributed by atoms with E-state index >= 15 is 0 Å². The van der Waals surface area contributed by atoms with Crippen LogP contribution in [0, 0.1) is 5.92 Å². The predicted molar refractivity (Wildman–Crippen MR) is 61.2 cm³/mol. The van der Waals surface area contributed by atoms with Gasteiger partial charge in [-0.05, 0) is 18.2 Å². The average molecular weight is 260 g/mol. The molecule has 0 saturated carbocycles. The van der Waals surface area contributed by atoms with E-state index in [-0.39, 0.29) is 17.3 Å². The van der Waals surface area contributed by atoms with Crippen LogP contribution in [0.4, 0.5) is 13.2 Å². The van der Waals surface area contributed by atoms with Gasteiger partial charge in [-0.3, -0.25) is 4.79 Å². The molecular formula is C12H11F3OS. The van der Waals surface area contributed by atoms with E-state index in [0.717, 1.165) is 11.8 Å². The lowest BCUT2D eigenvalue weighted by molar-refractivity contribution is -0.137. The molecule has 0 N–H and O–H groups in total. The van der Waals surface area contributed by atoms with Crippen molar-refractivity contribution in [3.63, 3.8) is 0 Å². The van der Waals surface area contributed by atoms with E-state index in [0.29, 0.717) is 12.2 Å². The molecular weight excluding hydrogens is 249 g/mol. The van der Waals surface area contributed by atoms with Crippen LogP contribution in [-0.2, 0) is 6.18 Å². The first-order valence-corrected chi connectivity index (χ1v) is 6.44. The zero-order chi connectivity index (χ0) is 12.5. The van der Waals surface area contributed by atoms with Gasteiger partial charge in [0.25, 0.3) is 0 Å². The van der Waals surface area contributed by atoms with Crippen molar-refractivity contribution in [1.29, 1.82) is 0 Å². The summed E-state index contributed by atoms with van der Waals surface area (Å²) >= 11 is 1.62. The van der Waals surface area contributed by atoms with E-state index in [4.69, 9.17) is 0 Å². The maximum absolute atomic E-state index is 12.7.